The molecule has 0 radical (unpaired) electrons. The van der Waals surface area contributed by atoms with E-state index in [-0.39, 0.29) is 0 Å². The summed E-state index contributed by atoms with van der Waals surface area (Å²) in [5.74, 6) is 0.960. The number of benzene rings is 3. The van der Waals surface area contributed by atoms with Crippen LogP contribution in [0.5, 0.6) is 0 Å². The Hall–Kier alpha value is -4.26. The van der Waals surface area contributed by atoms with E-state index in [2.05, 4.69) is 49.5 Å². The summed E-state index contributed by atoms with van der Waals surface area (Å²) in [6.45, 7) is 0. The molecule has 0 unspecified atom stereocenters. The Morgan fingerprint density at radius 3 is 2.55 bits per heavy atom. The first-order chi connectivity index (χ1) is 14.3. The second kappa shape index (κ2) is 5.87. The van der Waals surface area contributed by atoms with E-state index in [1.54, 1.807) is 4.52 Å². The zero-order valence-corrected chi connectivity index (χ0v) is 15.2. The summed E-state index contributed by atoms with van der Waals surface area (Å²) in [5.41, 5.74) is 11.0. The third kappa shape index (κ3) is 2.45. The molecule has 3 heterocycles. The molecular formula is C22H15N7. The second-order valence-electron chi connectivity index (χ2n) is 6.90. The molecule has 29 heavy (non-hydrogen) atoms. The van der Waals surface area contributed by atoms with E-state index < -0.39 is 0 Å². The molecule has 7 heteroatoms. The number of nitrogens with two attached hydrogens (primary N) is 1. The number of hydrogen-bond acceptors (Lipinski definition) is 5. The van der Waals surface area contributed by atoms with E-state index in [0.717, 1.165) is 27.7 Å². The second-order valence-corrected chi connectivity index (χ2v) is 6.90. The highest BCUT2D eigenvalue weighted by atomic mass is 15.3. The number of H-pyrrole nitrogens is 1. The molecule has 0 aliphatic carbocycles. The summed E-state index contributed by atoms with van der Waals surface area (Å²) in [6.07, 6.45) is 0. The fourth-order valence-electron chi connectivity index (χ4n) is 3.60. The normalized spacial score (nSPS) is 11.6. The molecule has 3 aromatic heterocycles. The Bertz CT molecular complexity index is 1490. The summed E-state index contributed by atoms with van der Waals surface area (Å²) in [4.78, 5) is 7.81. The third-order valence-corrected chi connectivity index (χ3v) is 5.07. The van der Waals surface area contributed by atoms with Crippen molar-refractivity contribution >= 4 is 33.3 Å². The molecule has 0 saturated heterocycles. The molecule has 0 spiro atoms. The lowest BCUT2D eigenvalue weighted by Gasteiger charge is -2.02. The molecule has 0 atom stereocenters. The van der Waals surface area contributed by atoms with Crippen molar-refractivity contribution in [3.05, 3.63) is 72.8 Å². The van der Waals surface area contributed by atoms with Gasteiger partial charge in [-0.2, -0.15) is 9.61 Å². The highest BCUT2D eigenvalue weighted by Gasteiger charge is 2.16. The largest absolute Gasteiger partial charge is 0.382 e. The van der Waals surface area contributed by atoms with Crippen LogP contribution in [0.25, 0.3) is 50.2 Å². The standard InChI is InChI=1S/C22H15N7/c23-21-20(22-24-16-7-3-4-8-17(16)25-22)27-26-19-12-18(28-29(19)21)15-10-9-13-5-1-2-6-14(13)11-15/h1-12H,23H2,(H,24,25). The number of para-hydroxylation sites is 2. The maximum atomic E-state index is 6.39. The van der Waals surface area contributed by atoms with Gasteiger partial charge in [0.1, 0.15) is 0 Å². The molecule has 0 aliphatic heterocycles. The minimum Gasteiger partial charge on any atom is -0.382 e. The number of rotatable bonds is 2. The van der Waals surface area contributed by atoms with Gasteiger partial charge in [0.05, 0.1) is 16.7 Å². The van der Waals surface area contributed by atoms with Gasteiger partial charge in [0, 0.05) is 11.6 Å². The fourth-order valence-corrected chi connectivity index (χ4v) is 3.60. The van der Waals surface area contributed by atoms with Crippen molar-refractivity contribution in [2.24, 2.45) is 0 Å². The monoisotopic (exact) mass is 377 g/mol. The Morgan fingerprint density at radius 1 is 0.828 bits per heavy atom. The van der Waals surface area contributed by atoms with Crippen molar-refractivity contribution < 1.29 is 0 Å². The maximum absolute atomic E-state index is 6.39. The van der Waals surface area contributed by atoms with Gasteiger partial charge < -0.3 is 10.7 Å². The first-order valence-corrected chi connectivity index (χ1v) is 9.22. The van der Waals surface area contributed by atoms with Gasteiger partial charge in [-0.3, -0.25) is 0 Å². The van der Waals surface area contributed by atoms with E-state index in [1.165, 1.54) is 5.39 Å². The third-order valence-electron chi connectivity index (χ3n) is 5.07. The van der Waals surface area contributed by atoms with Gasteiger partial charge in [0.2, 0.25) is 0 Å². The van der Waals surface area contributed by atoms with E-state index in [0.29, 0.717) is 23.0 Å². The first kappa shape index (κ1) is 15.8. The number of nitrogens with one attached hydrogen (secondary N) is 1. The van der Waals surface area contributed by atoms with Gasteiger partial charge >= 0.3 is 0 Å². The minimum absolute atomic E-state index is 0.390. The van der Waals surface area contributed by atoms with Gasteiger partial charge in [-0.05, 0) is 29.0 Å². The van der Waals surface area contributed by atoms with Crippen LogP contribution in [0.4, 0.5) is 5.82 Å². The number of aromatic amines is 1. The lowest BCUT2D eigenvalue weighted by atomic mass is 10.1. The number of nitrogens with zero attached hydrogens (tertiary/aromatic N) is 5. The van der Waals surface area contributed by atoms with E-state index in [9.17, 15) is 0 Å². The predicted molar refractivity (Wildman–Crippen MR) is 113 cm³/mol. The Labute approximate surface area is 164 Å². The predicted octanol–water partition coefficient (Wildman–Crippen LogP) is 4.07. The van der Waals surface area contributed by atoms with Crippen molar-refractivity contribution in [1.82, 2.24) is 29.8 Å². The van der Waals surface area contributed by atoms with Crippen molar-refractivity contribution in [3.8, 4) is 22.8 Å². The number of anilines is 1. The van der Waals surface area contributed by atoms with Crippen LogP contribution in [-0.2, 0) is 0 Å². The van der Waals surface area contributed by atoms with Gasteiger partial charge in [0.15, 0.2) is 23.0 Å². The van der Waals surface area contributed by atoms with E-state index in [4.69, 9.17) is 5.73 Å². The maximum Gasteiger partial charge on any atom is 0.180 e. The van der Waals surface area contributed by atoms with Crippen molar-refractivity contribution in [1.29, 1.82) is 0 Å². The minimum atomic E-state index is 0.390. The summed E-state index contributed by atoms with van der Waals surface area (Å²) in [7, 11) is 0. The lowest BCUT2D eigenvalue weighted by Crippen LogP contribution is -2.06. The zero-order chi connectivity index (χ0) is 19.4. The highest BCUT2D eigenvalue weighted by Crippen LogP contribution is 2.27. The summed E-state index contributed by atoms with van der Waals surface area (Å²) < 4.78 is 1.61. The van der Waals surface area contributed by atoms with Crippen molar-refractivity contribution in [2.75, 3.05) is 5.73 Å². The molecule has 6 aromatic rings. The summed E-state index contributed by atoms with van der Waals surface area (Å²) in [5, 5.41) is 15.6. The van der Waals surface area contributed by atoms with E-state index in [1.807, 2.05) is 48.5 Å². The molecule has 3 N–H and O–H groups in total. The van der Waals surface area contributed by atoms with Crippen molar-refractivity contribution in [3.63, 3.8) is 0 Å². The van der Waals surface area contributed by atoms with Crippen molar-refractivity contribution in [2.45, 2.75) is 0 Å². The smallest absolute Gasteiger partial charge is 0.180 e. The van der Waals surface area contributed by atoms with Crippen LogP contribution in [0.3, 0.4) is 0 Å². The average Bonchev–Trinajstić information content (AvgIpc) is 3.38. The molecule has 0 aliphatic rings. The molecule has 3 aromatic carbocycles. The lowest BCUT2D eigenvalue weighted by molar-refractivity contribution is 0.904. The molecular weight excluding hydrogens is 362 g/mol. The molecule has 138 valence electrons. The number of imidazole rings is 1. The van der Waals surface area contributed by atoms with Crippen LogP contribution >= 0.6 is 0 Å². The molecule has 0 fully saturated rings. The van der Waals surface area contributed by atoms with E-state index >= 15 is 0 Å². The average molecular weight is 377 g/mol. The van der Waals surface area contributed by atoms with Crippen LogP contribution in [0.2, 0.25) is 0 Å². The fraction of sp³-hybridized carbons (Fsp3) is 0. The molecule has 0 amide bonds. The van der Waals surface area contributed by atoms with Gasteiger partial charge in [-0.25, -0.2) is 4.98 Å². The highest BCUT2D eigenvalue weighted by molar-refractivity contribution is 5.87. The van der Waals surface area contributed by atoms with Gasteiger partial charge in [-0.15, -0.1) is 10.2 Å². The van der Waals surface area contributed by atoms with Crippen LogP contribution in [-0.4, -0.2) is 29.8 Å². The van der Waals surface area contributed by atoms with Gasteiger partial charge in [-0.1, -0.05) is 48.5 Å². The number of aromatic nitrogens is 6. The Kier molecular flexibility index (Phi) is 3.19. The first-order valence-electron chi connectivity index (χ1n) is 9.22. The van der Waals surface area contributed by atoms with Crippen LogP contribution in [0, 0.1) is 0 Å². The Morgan fingerprint density at radius 2 is 1.66 bits per heavy atom. The zero-order valence-electron chi connectivity index (χ0n) is 15.2. The quantitative estimate of drug-likeness (QED) is 0.474. The topological polar surface area (TPSA) is 97.8 Å². The number of hydrogen-bond donors (Lipinski definition) is 2. The van der Waals surface area contributed by atoms with Crippen LogP contribution < -0.4 is 5.73 Å². The number of nitrogen functional groups attached to an aromatic ring is 1. The molecule has 0 saturated carbocycles. The summed E-state index contributed by atoms with van der Waals surface area (Å²) >= 11 is 0. The molecule has 7 nitrogen and oxygen atoms in total. The van der Waals surface area contributed by atoms with Crippen LogP contribution in [0.1, 0.15) is 0 Å². The molecule has 6 rings (SSSR count). The SMILES string of the molecule is Nc1c(-c2nc3ccccc3[nH]2)nnc2cc(-c3ccc4ccccc4c3)nn12. The summed E-state index contributed by atoms with van der Waals surface area (Å²) in [6, 6.07) is 24.1. The Balaban J connectivity index is 1.50. The molecule has 0 bridgehead atoms. The number of fused-ring (bicyclic) bond motifs is 3. The van der Waals surface area contributed by atoms with Crippen LogP contribution in [0.15, 0.2) is 72.8 Å². The van der Waals surface area contributed by atoms with Gasteiger partial charge in [0.25, 0.3) is 0 Å².